The number of carbonyl (C=O) groups is 2. The summed E-state index contributed by atoms with van der Waals surface area (Å²) in [7, 11) is 0. The van der Waals surface area contributed by atoms with Crippen LogP contribution in [0.3, 0.4) is 0 Å². The van der Waals surface area contributed by atoms with Crippen LogP contribution in [0.1, 0.15) is 74.5 Å². The lowest BCUT2D eigenvalue weighted by atomic mass is 10.1. The second-order valence-corrected chi connectivity index (χ2v) is 9.63. The molecule has 2 amide bonds. The highest BCUT2D eigenvalue weighted by Gasteiger charge is 2.35. The maximum atomic E-state index is 13.2. The lowest BCUT2D eigenvalue weighted by Crippen LogP contribution is -2.46. The van der Waals surface area contributed by atoms with Gasteiger partial charge in [-0.1, -0.05) is 25.3 Å². The van der Waals surface area contributed by atoms with Gasteiger partial charge in [0.05, 0.1) is 17.8 Å². The predicted molar refractivity (Wildman–Crippen MR) is 124 cm³/mol. The highest BCUT2D eigenvalue weighted by molar-refractivity contribution is 5.96. The van der Waals surface area contributed by atoms with Crippen LogP contribution in [0, 0.1) is 12.8 Å². The van der Waals surface area contributed by atoms with Crippen molar-refractivity contribution >= 4 is 23.5 Å². The molecule has 0 spiro atoms. The summed E-state index contributed by atoms with van der Waals surface area (Å²) >= 11 is 0. The fourth-order valence-electron chi connectivity index (χ4n) is 4.65. The molecule has 0 radical (unpaired) electrons. The Labute approximate surface area is 193 Å². The summed E-state index contributed by atoms with van der Waals surface area (Å²) in [6.45, 7) is 9.04. The molecule has 2 aliphatic rings. The molecule has 2 aromatic rings. The zero-order valence-electron chi connectivity index (χ0n) is 19.9. The van der Waals surface area contributed by atoms with Crippen molar-refractivity contribution in [1.29, 1.82) is 0 Å². The standard InChI is InChI=1S/C24H33N5O4/c1-5-17-7-6-12-27(17)19(30)11-10-18-15(4)26-29-22(18)28(13-14(2)3)23(32)20(24(29)33)21(31)25-16-8-9-16/h10-11,14,16-17H,5-9,12-13H2,1-4H3,(H2,25,31,32,33)/p+1/b11-10+/t17-/m1/s1. The number of aromatic nitrogens is 3. The SMILES string of the molecule is CC[C@@H]1CCCN1C(=O)/C=C/c1c(C)[nH]n2c(=O)c(C(=O)NC3CC3)c(O)[n+](CC(C)C)c12. The van der Waals surface area contributed by atoms with Crippen LogP contribution in [-0.2, 0) is 11.3 Å². The number of hydrogen-bond donors (Lipinski definition) is 3. The second-order valence-electron chi connectivity index (χ2n) is 9.63. The van der Waals surface area contributed by atoms with E-state index in [0.29, 0.717) is 23.4 Å². The first-order valence-corrected chi connectivity index (χ1v) is 11.9. The molecule has 2 aromatic heterocycles. The molecule has 1 aliphatic carbocycles. The summed E-state index contributed by atoms with van der Waals surface area (Å²) in [6, 6.07) is 0.319. The third-order valence-electron chi connectivity index (χ3n) is 6.50. The molecule has 3 heterocycles. The van der Waals surface area contributed by atoms with Gasteiger partial charge in [0.2, 0.25) is 11.5 Å². The highest BCUT2D eigenvalue weighted by Crippen LogP contribution is 2.23. The summed E-state index contributed by atoms with van der Waals surface area (Å²) < 4.78 is 2.89. The van der Waals surface area contributed by atoms with E-state index in [1.165, 1.54) is 4.52 Å². The molecular weight excluding hydrogens is 422 g/mol. The van der Waals surface area contributed by atoms with Crippen molar-refractivity contribution in [2.45, 2.75) is 78.4 Å². The third-order valence-corrected chi connectivity index (χ3v) is 6.50. The molecule has 2 fully saturated rings. The van der Waals surface area contributed by atoms with E-state index >= 15 is 0 Å². The molecule has 9 nitrogen and oxygen atoms in total. The minimum absolute atomic E-state index is 0.0551. The Balaban J connectivity index is 1.80. The lowest BCUT2D eigenvalue weighted by molar-refractivity contribution is -0.686. The Morgan fingerprint density at radius 2 is 2.03 bits per heavy atom. The first-order chi connectivity index (χ1) is 15.7. The molecule has 3 N–H and O–H groups in total. The summed E-state index contributed by atoms with van der Waals surface area (Å²) in [4.78, 5) is 40.7. The van der Waals surface area contributed by atoms with Crippen LogP contribution >= 0.6 is 0 Å². The van der Waals surface area contributed by atoms with E-state index in [-0.39, 0.29) is 35.4 Å². The molecule has 0 unspecified atom stereocenters. The van der Waals surface area contributed by atoms with Crippen LogP contribution in [0.2, 0.25) is 0 Å². The van der Waals surface area contributed by atoms with Gasteiger partial charge in [0.25, 0.3) is 5.91 Å². The van der Waals surface area contributed by atoms with Gasteiger partial charge in [-0.05, 0) is 51.0 Å². The van der Waals surface area contributed by atoms with Crippen molar-refractivity contribution in [2.24, 2.45) is 5.92 Å². The molecule has 178 valence electrons. The van der Waals surface area contributed by atoms with Gasteiger partial charge in [0.15, 0.2) is 0 Å². The van der Waals surface area contributed by atoms with Crippen LogP contribution in [0.25, 0.3) is 11.7 Å². The lowest BCUT2D eigenvalue weighted by Gasteiger charge is -2.21. The molecule has 9 heteroatoms. The molecule has 0 bridgehead atoms. The number of rotatable bonds is 7. The quantitative estimate of drug-likeness (QED) is 0.436. The molecule has 0 aromatic carbocycles. The van der Waals surface area contributed by atoms with Gasteiger partial charge in [-0.15, -0.1) is 0 Å². The number of likely N-dealkylation sites (tertiary alicyclic amines) is 1. The number of nitrogens with one attached hydrogen (secondary N) is 2. The van der Waals surface area contributed by atoms with Gasteiger partial charge in [-0.25, -0.2) is 9.89 Å². The van der Waals surface area contributed by atoms with E-state index in [4.69, 9.17) is 0 Å². The smallest absolute Gasteiger partial charge is 0.378 e. The molecular formula is C24H34N5O4+. The summed E-state index contributed by atoms with van der Waals surface area (Å²) in [5.74, 6) is -0.825. The largest absolute Gasteiger partial charge is 0.477 e. The number of aromatic hydroxyl groups is 1. The van der Waals surface area contributed by atoms with Crippen molar-refractivity contribution in [3.8, 4) is 5.88 Å². The number of hydrogen-bond acceptors (Lipinski definition) is 4. The van der Waals surface area contributed by atoms with Gasteiger partial charge in [-0.2, -0.15) is 4.57 Å². The van der Waals surface area contributed by atoms with Crippen LogP contribution in [0.15, 0.2) is 10.9 Å². The first kappa shape index (κ1) is 23.1. The number of amides is 2. The van der Waals surface area contributed by atoms with Crippen LogP contribution < -0.4 is 15.4 Å². The predicted octanol–water partition coefficient (Wildman–Crippen LogP) is 1.89. The zero-order valence-corrected chi connectivity index (χ0v) is 19.9. The number of fused-ring (bicyclic) bond motifs is 1. The number of aryl methyl sites for hydroxylation is 1. The average Bonchev–Trinajstić information content (AvgIpc) is 3.32. The van der Waals surface area contributed by atoms with Gasteiger partial charge >= 0.3 is 17.1 Å². The van der Waals surface area contributed by atoms with E-state index in [1.807, 2.05) is 25.7 Å². The van der Waals surface area contributed by atoms with Crippen LogP contribution in [0.5, 0.6) is 5.88 Å². The fraction of sp³-hybridized carbons (Fsp3) is 0.583. The number of aromatic amines is 1. The maximum Gasteiger partial charge on any atom is 0.378 e. The molecule has 4 rings (SSSR count). The third kappa shape index (κ3) is 4.41. The topological polar surface area (TPSA) is 111 Å². The summed E-state index contributed by atoms with van der Waals surface area (Å²) in [5, 5.41) is 16.9. The Morgan fingerprint density at radius 1 is 1.30 bits per heavy atom. The molecule has 1 saturated carbocycles. The average molecular weight is 457 g/mol. The van der Waals surface area contributed by atoms with E-state index in [1.54, 1.807) is 16.7 Å². The van der Waals surface area contributed by atoms with E-state index in [0.717, 1.165) is 38.6 Å². The van der Waals surface area contributed by atoms with Gasteiger partial charge < -0.3 is 15.3 Å². The molecule has 1 atom stereocenters. The number of H-pyrrole nitrogens is 1. The monoisotopic (exact) mass is 456 g/mol. The molecule has 1 saturated heterocycles. The minimum Gasteiger partial charge on any atom is -0.477 e. The first-order valence-electron chi connectivity index (χ1n) is 11.9. The fourth-order valence-corrected chi connectivity index (χ4v) is 4.65. The van der Waals surface area contributed by atoms with Gasteiger partial charge in [0, 0.05) is 24.7 Å². The number of nitrogens with zero attached hydrogens (tertiary/aromatic N) is 3. The van der Waals surface area contributed by atoms with Crippen LogP contribution in [0.4, 0.5) is 0 Å². The highest BCUT2D eigenvalue weighted by atomic mass is 16.3. The van der Waals surface area contributed by atoms with Crippen molar-refractivity contribution in [3.63, 3.8) is 0 Å². The number of carbonyl (C=O) groups excluding carboxylic acids is 2. The van der Waals surface area contributed by atoms with Crippen molar-refractivity contribution in [3.05, 3.63) is 33.3 Å². The Morgan fingerprint density at radius 3 is 2.67 bits per heavy atom. The summed E-state index contributed by atoms with van der Waals surface area (Å²) in [5.41, 5.74) is 0.860. The normalized spacial score (nSPS) is 18.7. The molecule has 1 aliphatic heterocycles. The zero-order chi connectivity index (χ0) is 23.9. The molecule has 33 heavy (non-hydrogen) atoms. The Bertz CT molecular complexity index is 1170. The van der Waals surface area contributed by atoms with Crippen molar-refractivity contribution in [2.75, 3.05) is 6.54 Å². The van der Waals surface area contributed by atoms with Gasteiger partial charge in [-0.3, -0.25) is 9.59 Å². The minimum atomic E-state index is -0.611. The van der Waals surface area contributed by atoms with Crippen molar-refractivity contribution in [1.82, 2.24) is 19.8 Å². The Kier molecular flexibility index (Phi) is 6.32. The van der Waals surface area contributed by atoms with E-state index in [2.05, 4.69) is 17.3 Å². The van der Waals surface area contributed by atoms with Crippen LogP contribution in [-0.4, -0.2) is 50.1 Å². The van der Waals surface area contributed by atoms with E-state index < -0.39 is 11.5 Å². The Hall–Kier alpha value is -3.10. The second kappa shape index (κ2) is 9.03. The summed E-state index contributed by atoms with van der Waals surface area (Å²) in [6.07, 6.45) is 7.95. The van der Waals surface area contributed by atoms with Gasteiger partial charge in [0.1, 0.15) is 0 Å². The van der Waals surface area contributed by atoms with Crippen molar-refractivity contribution < 1.29 is 19.3 Å². The van der Waals surface area contributed by atoms with E-state index in [9.17, 15) is 19.5 Å². The maximum absolute atomic E-state index is 13.2.